The highest BCUT2D eigenvalue weighted by Crippen LogP contribution is 2.48. The minimum Gasteiger partial charge on any atom is -0.497 e. The molecule has 11 atom stereocenters. The van der Waals surface area contributed by atoms with Gasteiger partial charge in [-0.25, -0.2) is 24.5 Å². The van der Waals surface area contributed by atoms with Crippen LogP contribution in [0.1, 0.15) is 101 Å². The fraction of sp³-hybridized carbons (Fsp3) is 0.319. The van der Waals surface area contributed by atoms with Gasteiger partial charge in [-0.05, 0) is 85.1 Å². The Morgan fingerprint density at radius 2 is 1.13 bits per heavy atom. The lowest BCUT2D eigenvalue weighted by Gasteiger charge is -2.37. The van der Waals surface area contributed by atoms with Crippen LogP contribution >= 0.6 is 17.2 Å². The summed E-state index contributed by atoms with van der Waals surface area (Å²) in [6.45, 7) is 1.71. The maximum absolute atomic E-state index is 13.5. The minimum absolute atomic E-state index is 0.0343. The predicted octanol–water partition coefficient (Wildman–Crippen LogP) is 7.86. The lowest BCUT2D eigenvalue weighted by molar-refractivity contribution is -0.153. The second-order valence-electron chi connectivity index (χ2n) is 23.7. The Hall–Kier alpha value is -9.65. The lowest BCUT2D eigenvalue weighted by Crippen LogP contribution is -2.38. The molecule has 526 valence electrons. The summed E-state index contributed by atoms with van der Waals surface area (Å²) in [6.07, 6.45) is -4.88. The number of nitrogens with zero attached hydrogens (tertiary/aromatic N) is 7. The summed E-state index contributed by atoms with van der Waals surface area (Å²) in [5.41, 5.74) is -0.00605. The summed E-state index contributed by atoms with van der Waals surface area (Å²) in [4.78, 5) is 134. The first-order valence-electron chi connectivity index (χ1n) is 32.0. The number of imidazole rings is 1. The number of aryl methyl sites for hydroxylation is 1. The fourth-order valence-corrected chi connectivity index (χ4v) is 13.5. The third-order valence-corrected chi connectivity index (χ3v) is 18.7. The molecular weight excluding hydrogens is 1350 g/mol. The second-order valence-corrected chi connectivity index (χ2v) is 25.6. The van der Waals surface area contributed by atoms with Gasteiger partial charge in [0.25, 0.3) is 17.4 Å². The van der Waals surface area contributed by atoms with Crippen LogP contribution < -0.4 is 37.0 Å². The third kappa shape index (κ3) is 16.7. The molecule has 2 amide bonds. The van der Waals surface area contributed by atoms with Gasteiger partial charge in [-0.2, -0.15) is 4.98 Å². The SMILES string of the molecule is COc1ccc(C(OC[C@H]2O[C@@H](n3cc(C)c(=O)[nH]c3=O)C[C@@H]2OP(O)OC[C@H]2O[C@@H](n3cnc4c(NC(=O)c5ccccc5)ncnc43)C[C@@H]2OP(O)OC[C@H]2O[C@@H](n3ccc(NC(=O)c4ccccc4)nc3=O)C[C@@H]2OC(=O)CCC(C)=O)(c2ccccc2)c2ccc(OC)cc2)cc1. The molecule has 32 heteroatoms. The number of aromatic nitrogens is 8. The van der Waals surface area contributed by atoms with Crippen molar-refractivity contribution in [1.82, 2.24) is 38.6 Å². The van der Waals surface area contributed by atoms with Crippen LogP contribution in [0.4, 0.5) is 11.6 Å². The number of methoxy groups -OCH3 is 2. The quantitative estimate of drug-likeness (QED) is 0.0169. The van der Waals surface area contributed by atoms with E-state index >= 15 is 0 Å². The molecule has 30 nitrogen and oxygen atoms in total. The minimum atomic E-state index is -2.89. The van der Waals surface area contributed by atoms with E-state index in [9.17, 15) is 43.3 Å². The van der Waals surface area contributed by atoms with Gasteiger partial charge in [0.15, 0.2) is 17.0 Å². The number of carbonyl (C=O) groups is 4. The van der Waals surface area contributed by atoms with Gasteiger partial charge in [0, 0.05) is 54.8 Å². The third-order valence-electron chi connectivity index (χ3n) is 17.1. The summed E-state index contributed by atoms with van der Waals surface area (Å²) in [5.74, 6) is -0.673. The molecule has 4 aromatic heterocycles. The van der Waals surface area contributed by atoms with Gasteiger partial charge >= 0.3 is 34.6 Å². The molecule has 3 aliphatic rings. The molecule has 3 fully saturated rings. The molecule has 0 saturated carbocycles. The number of hydrogen-bond acceptors (Lipinski definition) is 24. The molecule has 0 bridgehead atoms. The van der Waals surface area contributed by atoms with Crippen molar-refractivity contribution < 1.29 is 80.2 Å². The van der Waals surface area contributed by atoms with Crippen molar-refractivity contribution in [3.63, 3.8) is 0 Å². The first kappa shape index (κ1) is 71.2. The molecule has 7 heterocycles. The van der Waals surface area contributed by atoms with Gasteiger partial charge in [-0.3, -0.25) is 37.9 Å². The van der Waals surface area contributed by atoms with Crippen molar-refractivity contribution in [2.24, 2.45) is 0 Å². The number of benzene rings is 5. The van der Waals surface area contributed by atoms with Crippen LogP contribution in [0.5, 0.6) is 11.5 Å². The van der Waals surface area contributed by atoms with Gasteiger partial charge in [0.05, 0.1) is 59.0 Å². The van der Waals surface area contributed by atoms with E-state index in [0.29, 0.717) is 33.8 Å². The molecular formula is C69H70N10O20P2. The molecule has 101 heavy (non-hydrogen) atoms. The smallest absolute Gasteiger partial charge is 0.351 e. The van der Waals surface area contributed by atoms with E-state index in [0.717, 1.165) is 10.1 Å². The number of fused-ring (bicyclic) bond motifs is 1. The van der Waals surface area contributed by atoms with E-state index in [-0.39, 0.29) is 72.9 Å². The number of ketones is 1. The Labute approximate surface area is 578 Å². The van der Waals surface area contributed by atoms with E-state index in [4.69, 9.17) is 51.3 Å². The molecule has 5 N–H and O–H groups in total. The number of anilines is 2. The zero-order chi connectivity index (χ0) is 70.7. The van der Waals surface area contributed by atoms with Crippen LogP contribution in [0.2, 0.25) is 0 Å². The Bertz CT molecular complexity index is 4510. The van der Waals surface area contributed by atoms with E-state index in [1.807, 2.05) is 78.9 Å². The number of nitrogens with one attached hydrogen (secondary N) is 3. The number of ether oxygens (including phenoxy) is 7. The maximum Gasteiger partial charge on any atom is 0.351 e. The number of carbonyl (C=O) groups excluding carboxylic acids is 4. The fourth-order valence-electron chi connectivity index (χ4n) is 12.0. The van der Waals surface area contributed by atoms with Crippen LogP contribution in [0.25, 0.3) is 11.2 Å². The summed E-state index contributed by atoms with van der Waals surface area (Å²) in [6, 6.07) is 42.5. The zero-order valence-electron chi connectivity index (χ0n) is 54.8. The number of H-pyrrole nitrogens is 1. The standard InChI is InChI=1S/C69H70N10O20P2/c1-41-35-78(68(86)76-64(41)82)58-33-51(53(94-58)36-91-69(45-18-12-7-13-19-45,46-21-25-48(89-3)26-22-46)47-23-27-49(90-4)28-24-47)98-101(88)93-38-55-52(34-59(96-55)79-40-72-61-62(70-39-71-63(61)79)75-66(84)44-16-10-6-11-17-44)99-100(87)92-37-54-50(97-60(81)29-20-42(2)80)32-57(95-54)77-31-30-56(74-67(77)85)73-65(83)43-14-8-5-9-15-43/h5-19,21-28,30-31,35,39-40,50-55,57-59,87-88H,20,29,32-34,36-38H2,1-4H3,(H,76,82,86)(H,70,71,75,84)(H,73,74,83,85)/t50-,51-,52-,53+,54+,55+,57+,58+,59+,100?,101?/m0/s1. The van der Waals surface area contributed by atoms with Crippen molar-refractivity contribution >= 4 is 63.6 Å². The van der Waals surface area contributed by atoms with Gasteiger partial charge in [0.1, 0.15) is 78.1 Å². The van der Waals surface area contributed by atoms with Crippen LogP contribution in [0.15, 0.2) is 185 Å². The highest BCUT2D eigenvalue weighted by atomic mass is 31.2. The maximum atomic E-state index is 13.5. The Kier molecular flexibility index (Phi) is 22.8. The molecule has 0 spiro atoms. The molecule has 0 aliphatic carbocycles. The number of esters is 1. The van der Waals surface area contributed by atoms with E-state index in [1.165, 1.54) is 42.6 Å². The lowest BCUT2D eigenvalue weighted by atomic mass is 9.80. The summed E-state index contributed by atoms with van der Waals surface area (Å²) in [5, 5.41) is 5.39. The van der Waals surface area contributed by atoms with E-state index in [2.05, 4.69) is 35.6 Å². The van der Waals surface area contributed by atoms with Gasteiger partial charge < -0.3 is 76.5 Å². The van der Waals surface area contributed by atoms with E-state index < -0.39 is 126 Å². The number of Topliss-reactive ketones (excluding diaryl/α,β-unsaturated/α-hetero) is 1. The average Bonchev–Trinajstić information content (AvgIpc) is 1.72. The Morgan fingerprint density at radius 3 is 1.69 bits per heavy atom. The van der Waals surface area contributed by atoms with Crippen molar-refractivity contribution in [2.75, 3.05) is 44.7 Å². The van der Waals surface area contributed by atoms with E-state index in [1.54, 1.807) is 86.4 Å². The first-order valence-corrected chi connectivity index (χ1v) is 34.2. The highest BCUT2D eigenvalue weighted by molar-refractivity contribution is 7.40. The highest BCUT2D eigenvalue weighted by Gasteiger charge is 2.47. The van der Waals surface area contributed by atoms with Crippen LogP contribution in [0, 0.1) is 6.92 Å². The first-order chi connectivity index (χ1) is 48.9. The monoisotopic (exact) mass is 1420 g/mol. The summed E-state index contributed by atoms with van der Waals surface area (Å²) < 4.78 is 72.4. The number of hydrogen-bond donors (Lipinski definition) is 5. The molecule has 12 rings (SSSR count). The van der Waals surface area contributed by atoms with Crippen molar-refractivity contribution in [1.29, 1.82) is 0 Å². The van der Waals surface area contributed by atoms with Crippen LogP contribution in [-0.4, -0.2) is 143 Å². The van der Waals surface area contributed by atoms with Crippen molar-refractivity contribution in [3.8, 4) is 11.5 Å². The zero-order valence-corrected chi connectivity index (χ0v) is 56.6. The molecule has 5 aromatic carbocycles. The molecule has 0 radical (unpaired) electrons. The van der Waals surface area contributed by atoms with Crippen LogP contribution in [-0.2, 0) is 57.0 Å². The Balaban J connectivity index is 0.793. The molecule has 2 unspecified atom stereocenters. The summed E-state index contributed by atoms with van der Waals surface area (Å²) >= 11 is 0. The normalized spacial score (nSPS) is 21.0. The molecule has 3 saturated heterocycles. The summed E-state index contributed by atoms with van der Waals surface area (Å²) in [7, 11) is -2.66. The topological polar surface area (TPSA) is 368 Å². The second kappa shape index (κ2) is 32.3. The molecule has 9 aromatic rings. The Morgan fingerprint density at radius 1 is 0.614 bits per heavy atom. The number of aromatic amines is 1. The van der Waals surface area contributed by atoms with Gasteiger partial charge in [-0.1, -0.05) is 91.0 Å². The molecule has 3 aliphatic heterocycles. The number of rotatable bonds is 29. The largest absolute Gasteiger partial charge is 0.497 e. The van der Waals surface area contributed by atoms with Crippen molar-refractivity contribution in [2.45, 2.75) is 107 Å². The number of amides is 2. The average molecular weight is 1420 g/mol. The van der Waals surface area contributed by atoms with Crippen molar-refractivity contribution in [3.05, 3.63) is 235 Å². The predicted molar refractivity (Wildman–Crippen MR) is 362 cm³/mol. The van der Waals surface area contributed by atoms with Crippen LogP contribution in [0.3, 0.4) is 0 Å². The van der Waals surface area contributed by atoms with Gasteiger partial charge in [0.2, 0.25) is 0 Å². The van der Waals surface area contributed by atoms with Gasteiger partial charge in [-0.15, -0.1) is 0 Å².